The number of imidazole rings is 1. The minimum absolute atomic E-state index is 0.0741. The number of nitrogen functional groups attached to an aromatic ring is 1. The molecule has 41 heavy (non-hydrogen) atoms. The van der Waals surface area contributed by atoms with E-state index in [0.717, 1.165) is 4.57 Å². The van der Waals surface area contributed by atoms with Crippen LogP contribution in [-0.2, 0) is 23.1 Å². The van der Waals surface area contributed by atoms with Crippen LogP contribution in [0.5, 0.6) is 0 Å². The Hall–Kier alpha value is -3.10. The Balaban J connectivity index is 1.26. The SMILES string of the molecule is CN(C)c1ncnc2c1ncn2[C@@H]1O[C@H](COP(=O)(O)O[C@H]2[C@@H](O)[C@H](n3ccc(N)nc3=O)O[C@@H]2CO)[C@@H](O)[C@H]1O. The maximum atomic E-state index is 12.8. The third-order valence-electron chi connectivity index (χ3n) is 6.65. The molecule has 2 saturated heterocycles. The number of fused-ring (bicyclic) bond motifs is 1. The summed E-state index contributed by atoms with van der Waals surface area (Å²) in [6.45, 7) is -1.46. The molecule has 2 aliphatic heterocycles. The third kappa shape index (κ3) is 5.56. The van der Waals surface area contributed by atoms with Gasteiger partial charge in [-0.05, 0) is 6.07 Å². The first-order valence-corrected chi connectivity index (χ1v) is 13.7. The number of phosphoric acid groups is 1. The van der Waals surface area contributed by atoms with Crippen LogP contribution in [0.15, 0.2) is 29.7 Å². The lowest BCUT2D eigenvalue weighted by molar-refractivity contribution is -0.0594. The van der Waals surface area contributed by atoms with Gasteiger partial charge in [-0.1, -0.05) is 0 Å². The number of aliphatic hydroxyl groups is 4. The molecule has 9 atom stereocenters. The highest BCUT2D eigenvalue weighted by molar-refractivity contribution is 7.47. The maximum Gasteiger partial charge on any atom is 0.472 e. The van der Waals surface area contributed by atoms with E-state index in [1.54, 1.807) is 19.0 Å². The Kier molecular flexibility index (Phi) is 8.09. The molecule has 2 fully saturated rings. The molecule has 7 N–H and O–H groups in total. The number of aromatic nitrogens is 6. The van der Waals surface area contributed by atoms with Crippen LogP contribution in [-0.4, -0.2) is 118 Å². The van der Waals surface area contributed by atoms with Gasteiger partial charge in [0.05, 0.1) is 19.5 Å². The van der Waals surface area contributed by atoms with E-state index >= 15 is 0 Å². The lowest BCUT2D eigenvalue weighted by Crippen LogP contribution is -2.38. The topological polar surface area (TPSA) is 263 Å². The second kappa shape index (κ2) is 11.3. The molecule has 3 aromatic heterocycles. The van der Waals surface area contributed by atoms with Crippen LogP contribution < -0.4 is 16.3 Å². The summed E-state index contributed by atoms with van der Waals surface area (Å²) in [7, 11) is -1.46. The number of hydrogen-bond donors (Lipinski definition) is 6. The molecule has 0 aromatic carbocycles. The van der Waals surface area contributed by atoms with Crippen molar-refractivity contribution in [1.82, 2.24) is 29.1 Å². The van der Waals surface area contributed by atoms with Gasteiger partial charge in [-0.2, -0.15) is 4.98 Å². The van der Waals surface area contributed by atoms with Gasteiger partial charge in [-0.3, -0.25) is 18.2 Å². The zero-order valence-corrected chi connectivity index (χ0v) is 22.6. The molecule has 224 valence electrons. The maximum absolute atomic E-state index is 12.8. The summed E-state index contributed by atoms with van der Waals surface area (Å²) < 4.78 is 36.4. The fourth-order valence-electron chi connectivity index (χ4n) is 4.65. The Bertz CT molecular complexity index is 1500. The van der Waals surface area contributed by atoms with Crippen molar-refractivity contribution in [3.8, 4) is 0 Å². The zero-order valence-electron chi connectivity index (χ0n) is 21.7. The second-order valence-electron chi connectivity index (χ2n) is 9.58. The summed E-state index contributed by atoms with van der Waals surface area (Å²) in [5.74, 6) is 0.439. The molecule has 20 heteroatoms. The van der Waals surface area contributed by atoms with Crippen molar-refractivity contribution in [3.63, 3.8) is 0 Å². The van der Waals surface area contributed by atoms with Gasteiger partial charge in [0.15, 0.2) is 29.4 Å². The van der Waals surface area contributed by atoms with Crippen LogP contribution in [0.2, 0.25) is 0 Å². The monoisotopic (exact) mass is 600 g/mol. The minimum atomic E-state index is -4.99. The summed E-state index contributed by atoms with van der Waals surface area (Å²) in [5, 5.41) is 41.6. The number of aliphatic hydroxyl groups excluding tert-OH is 4. The van der Waals surface area contributed by atoms with Crippen LogP contribution in [0.25, 0.3) is 11.2 Å². The number of ether oxygens (including phenoxy) is 2. The summed E-state index contributed by atoms with van der Waals surface area (Å²) >= 11 is 0. The number of rotatable bonds is 9. The quantitative estimate of drug-likeness (QED) is 0.135. The first-order chi connectivity index (χ1) is 19.4. The van der Waals surface area contributed by atoms with Gasteiger partial charge in [0, 0.05) is 20.3 Å². The van der Waals surface area contributed by atoms with Crippen LogP contribution in [0.4, 0.5) is 11.6 Å². The van der Waals surface area contributed by atoms with E-state index in [2.05, 4.69) is 19.9 Å². The third-order valence-corrected chi connectivity index (χ3v) is 7.63. The molecule has 3 aromatic rings. The van der Waals surface area contributed by atoms with E-state index in [9.17, 15) is 34.7 Å². The minimum Gasteiger partial charge on any atom is -0.394 e. The lowest BCUT2D eigenvalue weighted by atomic mass is 10.1. The standard InChI is InChI=1S/C21H29N8O11P/c1-27(2)17-12-18(24-7-23-17)29(8-25-12)19-14(32)13(31)10(39-19)6-37-41(35,36)40-16-9(5-30)38-20(15(16)33)28-4-3-11(22)26-21(28)34/h3-4,7-10,13-16,19-20,30-33H,5-6H2,1-2H3,(H,35,36)(H2,22,26,34)/t9-,10-,13-,14-,15-,16-,19-,20-/m1/s1. The van der Waals surface area contributed by atoms with E-state index in [-0.39, 0.29) is 5.82 Å². The highest BCUT2D eigenvalue weighted by Gasteiger charge is 2.50. The predicted molar refractivity (Wildman–Crippen MR) is 136 cm³/mol. The van der Waals surface area contributed by atoms with Crippen LogP contribution in [0, 0.1) is 0 Å². The van der Waals surface area contributed by atoms with Crippen molar-refractivity contribution in [2.45, 2.75) is 49.1 Å². The smallest absolute Gasteiger partial charge is 0.394 e. The normalized spacial score (nSPS) is 31.5. The molecule has 1 unspecified atom stereocenters. The van der Waals surface area contributed by atoms with E-state index in [0.29, 0.717) is 17.0 Å². The number of hydrogen-bond acceptors (Lipinski definition) is 16. The molecule has 0 spiro atoms. The van der Waals surface area contributed by atoms with Crippen LogP contribution in [0.1, 0.15) is 12.5 Å². The lowest BCUT2D eigenvalue weighted by Gasteiger charge is -2.23. The molecule has 0 saturated carbocycles. The van der Waals surface area contributed by atoms with E-state index in [1.165, 1.54) is 29.5 Å². The molecule has 0 aliphatic carbocycles. The molecular weight excluding hydrogens is 571 g/mol. The zero-order chi connectivity index (χ0) is 29.6. The average molecular weight is 600 g/mol. The highest BCUT2D eigenvalue weighted by Crippen LogP contribution is 2.49. The summed E-state index contributed by atoms with van der Waals surface area (Å²) in [4.78, 5) is 40.4. The van der Waals surface area contributed by atoms with Gasteiger partial charge >= 0.3 is 13.5 Å². The van der Waals surface area contributed by atoms with E-state index < -0.39 is 75.8 Å². The van der Waals surface area contributed by atoms with Crippen LogP contribution in [0.3, 0.4) is 0 Å². The molecule has 0 amide bonds. The van der Waals surface area contributed by atoms with Crippen molar-refractivity contribution >= 4 is 30.6 Å². The van der Waals surface area contributed by atoms with Crippen molar-refractivity contribution in [2.75, 3.05) is 37.9 Å². The first kappa shape index (κ1) is 29.4. The van der Waals surface area contributed by atoms with Crippen molar-refractivity contribution < 1.29 is 48.4 Å². The van der Waals surface area contributed by atoms with Gasteiger partial charge in [-0.15, -0.1) is 0 Å². The first-order valence-electron chi connectivity index (χ1n) is 12.2. The number of phosphoric ester groups is 1. The van der Waals surface area contributed by atoms with Crippen molar-refractivity contribution in [1.29, 1.82) is 0 Å². The summed E-state index contributed by atoms with van der Waals surface area (Å²) in [6, 6.07) is 1.27. The number of anilines is 2. The second-order valence-corrected chi connectivity index (χ2v) is 11.0. The van der Waals surface area contributed by atoms with E-state index in [1.807, 2.05) is 0 Å². The van der Waals surface area contributed by atoms with Crippen LogP contribution >= 0.6 is 7.82 Å². The molecule has 2 aliphatic rings. The molecule has 5 heterocycles. The fourth-order valence-corrected chi connectivity index (χ4v) is 5.61. The fraction of sp³-hybridized carbons (Fsp3) is 0.571. The highest BCUT2D eigenvalue weighted by atomic mass is 31.2. The largest absolute Gasteiger partial charge is 0.472 e. The Labute approximate surface area is 231 Å². The van der Waals surface area contributed by atoms with E-state index in [4.69, 9.17) is 24.3 Å². The van der Waals surface area contributed by atoms with Crippen molar-refractivity contribution in [3.05, 3.63) is 35.4 Å². The number of nitrogens with zero attached hydrogens (tertiary/aromatic N) is 7. The summed E-state index contributed by atoms with van der Waals surface area (Å²) in [5.41, 5.74) is 5.33. The molecular formula is C21H29N8O11P. The van der Waals surface area contributed by atoms with Crippen molar-refractivity contribution in [2.24, 2.45) is 0 Å². The van der Waals surface area contributed by atoms with Gasteiger partial charge in [0.1, 0.15) is 48.8 Å². The average Bonchev–Trinajstić information content (AvgIpc) is 3.57. The summed E-state index contributed by atoms with van der Waals surface area (Å²) in [6.07, 6.45) is -7.72. The Morgan fingerprint density at radius 1 is 1.07 bits per heavy atom. The van der Waals surface area contributed by atoms with Gasteiger partial charge in [-0.25, -0.2) is 24.3 Å². The number of nitrogens with two attached hydrogens (primary N) is 1. The molecule has 0 bridgehead atoms. The molecule has 0 radical (unpaired) electrons. The Morgan fingerprint density at radius 3 is 2.46 bits per heavy atom. The predicted octanol–water partition coefficient (Wildman–Crippen LogP) is -2.90. The molecule has 5 rings (SSSR count). The van der Waals surface area contributed by atoms with Gasteiger partial charge < -0.3 is 45.4 Å². The van der Waals surface area contributed by atoms with Gasteiger partial charge in [0.25, 0.3) is 0 Å². The Morgan fingerprint density at radius 2 is 1.78 bits per heavy atom. The van der Waals surface area contributed by atoms with Gasteiger partial charge in [0.2, 0.25) is 0 Å². The molecule has 19 nitrogen and oxygen atoms in total.